The van der Waals surface area contributed by atoms with E-state index in [9.17, 15) is 37.2 Å². The number of aromatic nitrogens is 12. The Balaban J connectivity index is 0.000000159. The van der Waals surface area contributed by atoms with E-state index in [1.165, 1.54) is 67.1 Å². The number of methoxy groups -OCH3 is 3. The van der Waals surface area contributed by atoms with Crippen molar-refractivity contribution in [2.45, 2.75) is 108 Å². The second kappa shape index (κ2) is 24.8. The summed E-state index contributed by atoms with van der Waals surface area (Å²) in [5.41, 5.74) is -0.733. The van der Waals surface area contributed by atoms with Gasteiger partial charge in [0, 0.05) is 92.7 Å². The summed E-state index contributed by atoms with van der Waals surface area (Å²) in [5, 5.41) is 0. The van der Waals surface area contributed by atoms with Gasteiger partial charge in [-0.05, 0) is 94.8 Å². The van der Waals surface area contributed by atoms with Gasteiger partial charge in [-0.1, -0.05) is 0 Å². The molecule has 3 fully saturated rings. The number of hydrogen-bond donors (Lipinski definition) is 1. The standard InChI is InChI=1S/2C15H20N4O3.C9H18O4S.C7H6N4O2/c2*1-18-13-12(16-7-8-17-13)14(20)19(15(18)21)9-10-3-5-11(22-2)6-4-10;1-12-9-5-3-8(4-6-9)7-13-14(2,10)11;1-11-5-4(8-2-3-9-5)6(12)10-7(11)13/h2*7-8,10-11H,3-6,9H2,1-2H3;8-9H,3-7H2,1-2H3;2-3H,1H3,(H,10,12,13). The first-order chi connectivity index (χ1) is 33.9. The first kappa shape index (κ1) is 54.2. The fourth-order valence-corrected chi connectivity index (χ4v) is 9.63. The van der Waals surface area contributed by atoms with Gasteiger partial charge in [-0.25, -0.2) is 44.3 Å². The Hall–Kier alpha value is -6.15. The van der Waals surface area contributed by atoms with Crippen LogP contribution in [0.5, 0.6) is 0 Å². The molecule has 6 aromatic heterocycles. The van der Waals surface area contributed by atoms with Crippen molar-refractivity contribution < 1.29 is 26.8 Å². The summed E-state index contributed by atoms with van der Waals surface area (Å²) >= 11 is 0. The fraction of sp³-hybridized carbons (Fsp3) is 0.609. The van der Waals surface area contributed by atoms with E-state index in [2.05, 4.69) is 34.9 Å². The Labute approximate surface area is 408 Å². The van der Waals surface area contributed by atoms with Gasteiger partial charge in [-0.2, -0.15) is 8.42 Å². The first-order valence-corrected chi connectivity index (χ1v) is 25.4. The third kappa shape index (κ3) is 13.8. The highest BCUT2D eigenvalue weighted by molar-refractivity contribution is 7.85. The minimum absolute atomic E-state index is 0.171. The van der Waals surface area contributed by atoms with Gasteiger partial charge in [0.1, 0.15) is 0 Å². The maximum absolute atomic E-state index is 12.5. The molecule has 0 radical (unpaired) electrons. The summed E-state index contributed by atoms with van der Waals surface area (Å²) < 4.78 is 48.8. The van der Waals surface area contributed by atoms with E-state index in [0.717, 1.165) is 83.3 Å². The summed E-state index contributed by atoms with van der Waals surface area (Å²) in [7, 11) is 6.67. The summed E-state index contributed by atoms with van der Waals surface area (Å²) in [6.45, 7) is 1.21. The van der Waals surface area contributed by atoms with Gasteiger partial charge in [0.25, 0.3) is 26.8 Å². The van der Waals surface area contributed by atoms with Crippen LogP contribution in [0.1, 0.15) is 77.0 Å². The fourth-order valence-electron chi connectivity index (χ4n) is 9.19. The van der Waals surface area contributed by atoms with Crippen molar-refractivity contribution in [1.29, 1.82) is 0 Å². The number of nitrogens with zero attached hydrogens (tertiary/aromatic N) is 11. The predicted octanol–water partition coefficient (Wildman–Crippen LogP) is 1.58. The summed E-state index contributed by atoms with van der Waals surface area (Å²) in [6, 6.07) is 0. The molecule has 24 nitrogen and oxygen atoms in total. The molecule has 25 heteroatoms. The van der Waals surface area contributed by atoms with Crippen LogP contribution in [-0.4, -0.2) is 119 Å². The number of H-pyrrole nitrogens is 1. The molecule has 0 aliphatic heterocycles. The van der Waals surface area contributed by atoms with Gasteiger partial charge in [0.2, 0.25) is 0 Å². The average molecular weight is 1010 g/mol. The molecule has 0 saturated heterocycles. The first-order valence-electron chi connectivity index (χ1n) is 23.6. The molecule has 0 unspecified atom stereocenters. The van der Waals surface area contributed by atoms with Gasteiger partial charge in [0.15, 0.2) is 33.5 Å². The lowest BCUT2D eigenvalue weighted by Crippen LogP contribution is -2.41. The van der Waals surface area contributed by atoms with E-state index in [-0.39, 0.29) is 44.7 Å². The van der Waals surface area contributed by atoms with Crippen molar-refractivity contribution in [3.05, 3.63) is 99.7 Å². The molecule has 1 N–H and O–H groups in total. The van der Waals surface area contributed by atoms with Crippen LogP contribution in [0.25, 0.3) is 33.5 Å². The maximum atomic E-state index is 12.5. The lowest BCUT2D eigenvalue weighted by atomic mass is 9.87. The Morgan fingerprint density at radius 3 is 1.21 bits per heavy atom. The highest BCUT2D eigenvalue weighted by Gasteiger charge is 2.26. The molecule has 9 rings (SSSR count). The van der Waals surface area contributed by atoms with Crippen molar-refractivity contribution >= 4 is 43.6 Å². The quantitative estimate of drug-likeness (QED) is 0.191. The largest absolute Gasteiger partial charge is 0.381 e. The van der Waals surface area contributed by atoms with Crippen LogP contribution in [-0.2, 0) is 62.7 Å². The van der Waals surface area contributed by atoms with E-state index < -0.39 is 21.4 Å². The zero-order valence-corrected chi connectivity index (χ0v) is 42.1. The van der Waals surface area contributed by atoms with Crippen molar-refractivity contribution in [1.82, 2.24) is 57.7 Å². The number of fused-ring (bicyclic) bond motifs is 3. The SMILES string of the molecule is COC1CCC(COS(C)(=O)=O)CC1.COC1CCC(Cn2c(=O)c3nccnc3n(C)c2=O)CC1.COC1CCC(Cn2c(=O)c3nccnc3n(C)c2=O)CC1.Cn1c(=O)[nH]c(=O)c2nccnc21. The topological polar surface area (TPSA) is 291 Å². The Kier molecular flexibility index (Phi) is 18.9. The molecule has 3 aliphatic carbocycles. The van der Waals surface area contributed by atoms with Crippen LogP contribution in [0.2, 0.25) is 0 Å². The van der Waals surface area contributed by atoms with E-state index >= 15 is 0 Å². The molecule has 386 valence electrons. The molecular weight excluding hydrogens is 945 g/mol. The monoisotopic (exact) mass is 1010 g/mol. The molecule has 6 aromatic rings. The molecule has 0 atom stereocenters. The number of hydrogen-bond acceptors (Lipinski definition) is 18. The lowest BCUT2D eigenvalue weighted by molar-refractivity contribution is 0.0488. The summed E-state index contributed by atoms with van der Waals surface area (Å²) in [6.07, 6.45) is 22.6. The third-order valence-corrected chi connectivity index (χ3v) is 14.0. The second-order valence-corrected chi connectivity index (χ2v) is 19.8. The van der Waals surface area contributed by atoms with Gasteiger partial charge in [-0.3, -0.25) is 46.4 Å². The zero-order valence-electron chi connectivity index (χ0n) is 41.3. The van der Waals surface area contributed by atoms with Crippen molar-refractivity contribution in [3.8, 4) is 0 Å². The van der Waals surface area contributed by atoms with Gasteiger partial charge in [-0.15, -0.1) is 0 Å². The van der Waals surface area contributed by atoms with Crippen molar-refractivity contribution in [2.75, 3.05) is 34.2 Å². The second-order valence-electron chi connectivity index (χ2n) is 18.1. The molecule has 6 heterocycles. The van der Waals surface area contributed by atoms with Crippen LogP contribution in [0, 0.1) is 17.8 Å². The van der Waals surface area contributed by atoms with E-state index in [4.69, 9.17) is 18.4 Å². The number of nitrogens with one attached hydrogen (secondary N) is 1. The van der Waals surface area contributed by atoms with Gasteiger partial charge >= 0.3 is 17.1 Å². The molecule has 0 aromatic carbocycles. The van der Waals surface area contributed by atoms with E-state index in [1.54, 1.807) is 35.4 Å². The zero-order chi connectivity index (χ0) is 51.4. The molecule has 0 amide bonds. The maximum Gasteiger partial charge on any atom is 0.332 e. The van der Waals surface area contributed by atoms with Crippen LogP contribution in [0.15, 0.2) is 65.9 Å². The van der Waals surface area contributed by atoms with Crippen LogP contribution in [0.4, 0.5) is 0 Å². The average Bonchev–Trinajstić information content (AvgIpc) is 3.39. The van der Waals surface area contributed by atoms with Crippen molar-refractivity contribution in [3.63, 3.8) is 0 Å². The molecule has 0 spiro atoms. The van der Waals surface area contributed by atoms with Gasteiger partial charge < -0.3 is 14.2 Å². The smallest absolute Gasteiger partial charge is 0.332 e. The molecule has 3 saturated carbocycles. The highest BCUT2D eigenvalue weighted by atomic mass is 32.2. The lowest BCUT2D eigenvalue weighted by Gasteiger charge is -2.27. The summed E-state index contributed by atoms with van der Waals surface area (Å²) in [4.78, 5) is 98.3. The minimum atomic E-state index is -3.27. The Morgan fingerprint density at radius 1 is 0.507 bits per heavy atom. The van der Waals surface area contributed by atoms with Crippen LogP contribution in [0.3, 0.4) is 0 Å². The highest BCUT2D eigenvalue weighted by Crippen LogP contribution is 2.28. The Morgan fingerprint density at radius 2 is 0.845 bits per heavy atom. The van der Waals surface area contributed by atoms with Crippen molar-refractivity contribution in [2.24, 2.45) is 38.9 Å². The van der Waals surface area contributed by atoms with E-state index in [1.807, 2.05) is 0 Å². The minimum Gasteiger partial charge on any atom is -0.381 e. The molecule has 71 heavy (non-hydrogen) atoms. The number of aromatic amines is 1. The molecule has 0 bridgehead atoms. The normalized spacial score (nSPS) is 21.3. The van der Waals surface area contributed by atoms with Crippen LogP contribution >= 0.6 is 0 Å². The predicted molar refractivity (Wildman–Crippen MR) is 263 cm³/mol. The van der Waals surface area contributed by atoms with Crippen LogP contribution < -0.4 is 33.7 Å². The number of rotatable bonds is 10. The third-order valence-electron chi connectivity index (χ3n) is 13.4. The molecular formula is C46H64N12O12S. The number of aryl methyl sites for hydroxylation is 3. The Bertz CT molecular complexity index is 3100. The van der Waals surface area contributed by atoms with Gasteiger partial charge in [0.05, 0.1) is 31.2 Å². The summed E-state index contributed by atoms with van der Waals surface area (Å²) in [5.74, 6) is 1.02. The molecule has 3 aliphatic rings. The van der Waals surface area contributed by atoms with E-state index in [0.29, 0.717) is 67.1 Å². The number of ether oxygens (including phenoxy) is 3.